The van der Waals surface area contributed by atoms with E-state index in [4.69, 9.17) is 0 Å². The van der Waals surface area contributed by atoms with E-state index in [0.717, 1.165) is 62.7 Å². The maximum atomic E-state index is 13.0. The first kappa shape index (κ1) is 23.7. The van der Waals surface area contributed by atoms with E-state index >= 15 is 0 Å². The lowest BCUT2D eigenvalue weighted by molar-refractivity contribution is -0.384. The highest BCUT2D eigenvalue weighted by molar-refractivity contribution is 5.93. The van der Waals surface area contributed by atoms with Crippen LogP contribution in [0.1, 0.15) is 69.8 Å². The second-order valence-corrected chi connectivity index (χ2v) is 12.3. The van der Waals surface area contributed by atoms with Crippen molar-refractivity contribution in [2.75, 3.05) is 11.9 Å². The Labute approximate surface area is 211 Å². The van der Waals surface area contributed by atoms with Crippen molar-refractivity contribution in [1.29, 1.82) is 0 Å². The number of nitro benzene ring substituents is 1. The first-order valence-electron chi connectivity index (χ1n) is 13.6. The summed E-state index contributed by atoms with van der Waals surface area (Å²) in [6.45, 7) is 2.07. The summed E-state index contributed by atoms with van der Waals surface area (Å²) >= 11 is 0. The Morgan fingerprint density at radius 2 is 1.64 bits per heavy atom. The van der Waals surface area contributed by atoms with Gasteiger partial charge in [0, 0.05) is 41.5 Å². The second kappa shape index (κ2) is 9.01. The normalized spacial score (nSPS) is 36.5. The molecule has 1 aromatic rings. The molecule has 1 aromatic carbocycles. The third kappa shape index (κ3) is 4.58. The first-order chi connectivity index (χ1) is 17.2. The highest BCUT2D eigenvalue weighted by atomic mass is 16.6. The van der Waals surface area contributed by atoms with E-state index in [-0.39, 0.29) is 41.3 Å². The van der Waals surface area contributed by atoms with Crippen LogP contribution in [0, 0.1) is 34.8 Å². The molecule has 2 aliphatic heterocycles. The van der Waals surface area contributed by atoms with Gasteiger partial charge in [0.1, 0.15) is 0 Å². The highest BCUT2D eigenvalue weighted by Gasteiger charge is 2.52. The third-order valence-electron chi connectivity index (χ3n) is 9.66. The van der Waals surface area contributed by atoms with Gasteiger partial charge >= 0.3 is 6.03 Å². The molecule has 6 bridgehead atoms. The van der Waals surface area contributed by atoms with E-state index in [0.29, 0.717) is 17.8 Å². The summed E-state index contributed by atoms with van der Waals surface area (Å²) < 4.78 is 0. The predicted octanol–water partition coefficient (Wildman–Crippen LogP) is 4.11. The molecule has 0 spiro atoms. The van der Waals surface area contributed by atoms with Gasteiger partial charge in [0.25, 0.3) is 5.69 Å². The van der Waals surface area contributed by atoms with Crippen LogP contribution in [0.3, 0.4) is 0 Å². The molecule has 3 N–H and O–H groups in total. The fraction of sp³-hybridized carbons (Fsp3) is 0.704. The van der Waals surface area contributed by atoms with E-state index in [1.165, 1.54) is 31.4 Å². The van der Waals surface area contributed by atoms with Crippen molar-refractivity contribution in [2.24, 2.45) is 17.8 Å². The lowest BCUT2D eigenvalue weighted by atomic mass is 9.53. The molecule has 2 heterocycles. The van der Waals surface area contributed by atoms with Crippen molar-refractivity contribution in [3.8, 4) is 0 Å². The zero-order chi connectivity index (χ0) is 25.0. The van der Waals surface area contributed by atoms with Crippen LogP contribution >= 0.6 is 0 Å². The number of piperidine rings is 1. The van der Waals surface area contributed by atoms with Gasteiger partial charge in [0.05, 0.1) is 11.5 Å². The number of nitrogens with zero attached hydrogens (tertiary/aromatic N) is 2. The molecule has 9 heteroatoms. The summed E-state index contributed by atoms with van der Waals surface area (Å²) in [4.78, 5) is 38.7. The Hall–Kier alpha value is -2.68. The number of non-ortho nitro benzene ring substituents is 1. The Morgan fingerprint density at radius 3 is 2.19 bits per heavy atom. The zero-order valence-corrected chi connectivity index (χ0v) is 21.0. The third-order valence-corrected chi connectivity index (χ3v) is 9.66. The number of amides is 3. The minimum absolute atomic E-state index is 0.00110. The molecule has 3 amide bonds. The monoisotopic (exact) mass is 495 g/mol. The maximum absolute atomic E-state index is 13.0. The maximum Gasteiger partial charge on any atom is 0.315 e. The number of nitrogens with one attached hydrogen (secondary N) is 3. The number of carbonyl (C=O) groups excluding carboxylic acids is 2. The van der Waals surface area contributed by atoms with Crippen LogP contribution in [0.25, 0.3) is 0 Å². The van der Waals surface area contributed by atoms with E-state index < -0.39 is 4.92 Å². The van der Waals surface area contributed by atoms with Gasteiger partial charge in [0.15, 0.2) is 0 Å². The lowest BCUT2D eigenvalue weighted by Crippen LogP contribution is -2.63. The zero-order valence-electron chi connectivity index (χ0n) is 21.0. The summed E-state index contributed by atoms with van der Waals surface area (Å²) in [6, 6.07) is 5.21. The first-order valence-corrected chi connectivity index (χ1v) is 13.6. The number of fused-ring (bicyclic) bond motifs is 2. The van der Waals surface area contributed by atoms with Crippen LogP contribution in [0.5, 0.6) is 0 Å². The van der Waals surface area contributed by atoms with E-state index in [2.05, 4.69) is 20.9 Å². The van der Waals surface area contributed by atoms with Crippen molar-refractivity contribution in [3.63, 3.8) is 0 Å². The minimum atomic E-state index is -0.433. The molecule has 7 rings (SSSR count). The Kier molecular flexibility index (Phi) is 5.93. The summed E-state index contributed by atoms with van der Waals surface area (Å²) in [7, 11) is 0. The Bertz CT molecular complexity index is 1020. The Balaban J connectivity index is 1.01. The van der Waals surface area contributed by atoms with Crippen molar-refractivity contribution in [1.82, 2.24) is 15.5 Å². The molecule has 194 valence electrons. The van der Waals surface area contributed by atoms with Gasteiger partial charge in [-0.15, -0.1) is 0 Å². The number of carbonyl (C=O) groups is 2. The van der Waals surface area contributed by atoms with Gasteiger partial charge < -0.3 is 16.0 Å². The average molecular weight is 496 g/mol. The van der Waals surface area contributed by atoms with E-state index in [9.17, 15) is 19.7 Å². The molecule has 6 fully saturated rings. The standard InChI is InChI=1S/C27H37N5O4/c1-16-6-23(32(35)36)4-5-24(16)29-25(33)15-31-21-2-3-22(31)11-20(10-21)28-26(34)30-27-12-17-7-18(13-27)9-19(8-17)14-27/h4-6,17-22H,2-3,7-15H2,1H3,(H,29,33)(H2,28,30,34)/t17?,18?,19?,20?,21-,22+,27?. The molecular formula is C27H37N5O4. The molecule has 6 aliphatic rings. The highest BCUT2D eigenvalue weighted by Crippen LogP contribution is 2.55. The van der Waals surface area contributed by atoms with Gasteiger partial charge in [-0.25, -0.2) is 4.79 Å². The minimum Gasteiger partial charge on any atom is -0.335 e. The number of rotatable bonds is 6. The number of anilines is 1. The average Bonchev–Trinajstić information content (AvgIpc) is 3.01. The quantitative estimate of drug-likeness (QED) is 0.406. The fourth-order valence-corrected chi connectivity index (χ4v) is 8.63. The van der Waals surface area contributed by atoms with Crippen molar-refractivity contribution < 1.29 is 14.5 Å². The van der Waals surface area contributed by atoms with Crippen LogP contribution < -0.4 is 16.0 Å². The van der Waals surface area contributed by atoms with Crippen molar-refractivity contribution in [3.05, 3.63) is 33.9 Å². The van der Waals surface area contributed by atoms with Gasteiger partial charge in [-0.2, -0.15) is 0 Å². The summed E-state index contributed by atoms with van der Waals surface area (Å²) in [5.41, 5.74) is 1.32. The number of benzene rings is 1. The molecular weight excluding hydrogens is 458 g/mol. The molecule has 2 saturated heterocycles. The van der Waals surface area contributed by atoms with Gasteiger partial charge in [-0.3, -0.25) is 19.8 Å². The molecule has 3 atom stereocenters. The molecule has 4 aliphatic carbocycles. The number of hydrogen-bond donors (Lipinski definition) is 3. The number of hydrogen-bond acceptors (Lipinski definition) is 5. The predicted molar refractivity (Wildman–Crippen MR) is 136 cm³/mol. The lowest BCUT2D eigenvalue weighted by Gasteiger charge is -2.56. The van der Waals surface area contributed by atoms with E-state index in [1.807, 2.05) is 0 Å². The van der Waals surface area contributed by atoms with E-state index in [1.54, 1.807) is 13.0 Å². The SMILES string of the molecule is Cc1cc([N+](=O)[O-])ccc1NC(=O)CN1[C@@H]2CC[C@H]1CC(NC(=O)NC13CC4CC(CC(C4)C1)C3)C2. The largest absolute Gasteiger partial charge is 0.335 e. The number of urea groups is 1. The number of nitro groups is 1. The van der Waals surface area contributed by atoms with Crippen molar-refractivity contribution in [2.45, 2.75) is 94.8 Å². The summed E-state index contributed by atoms with van der Waals surface area (Å²) in [6.07, 6.45) is 11.4. The molecule has 1 unspecified atom stereocenters. The molecule has 36 heavy (non-hydrogen) atoms. The van der Waals surface area contributed by atoms with Crippen LogP contribution in [0.2, 0.25) is 0 Å². The smallest absolute Gasteiger partial charge is 0.315 e. The van der Waals surface area contributed by atoms with Gasteiger partial charge in [-0.05, 0) is 101 Å². The van der Waals surface area contributed by atoms with Crippen LogP contribution in [-0.2, 0) is 4.79 Å². The second-order valence-electron chi connectivity index (χ2n) is 12.3. The molecule has 0 radical (unpaired) electrons. The summed E-state index contributed by atoms with van der Waals surface area (Å²) in [5, 5.41) is 20.6. The Morgan fingerprint density at radius 1 is 1.03 bits per heavy atom. The van der Waals surface area contributed by atoms with Crippen LogP contribution in [-0.4, -0.2) is 52.0 Å². The van der Waals surface area contributed by atoms with Crippen molar-refractivity contribution >= 4 is 23.3 Å². The fourth-order valence-electron chi connectivity index (χ4n) is 8.63. The van der Waals surface area contributed by atoms with Gasteiger partial charge in [-0.1, -0.05) is 0 Å². The number of aryl methyl sites for hydroxylation is 1. The summed E-state index contributed by atoms with van der Waals surface area (Å²) in [5.74, 6) is 2.31. The van der Waals surface area contributed by atoms with Gasteiger partial charge in [0.2, 0.25) is 5.91 Å². The molecule has 4 saturated carbocycles. The molecule has 0 aromatic heterocycles. The van der Waals surface area contributed by atoms with Crippen LogP contribution in [0.15, 0.2) is 18.2 Å². The molecule has 9 nitrogen and oxygen atoms in total. The van der Waals surface area contributed by atoms with Crippen LogP contribution in [0.4, 0.5) is 16.2 Å². The topological polar surface area (TPSA) is 117 Å².